The lowest BCUT2D eigenvalue weighted by molar-refractivity contribution is 0.204. The first-order valence-corrected chi connectivity index (χ1v) is 5.40. The Morgan fingerprint density at radius 2 is 2.46 bits per heavy atom. The van der Waals surface area contributed by atoms with Gasteiger partial charge in [-0.3, -0.25) is 0 Å². The van der Waals surface area contributed by atoms with Crippen molar-refractivity contribution in [3.8, 4) is 0 Å². The minimum Gasteiger partial charge on any atom is -0.378 e. The zero-order valence-electron chi connectivity index (χ0n) is 8.71. The molecule has 0 unspecified atom stereocenters. The number of hydrogen-bond acceptors (Lipinski definition) is 2. The van der Waals surface area contributed by atoms with Crippen LogP contribution in [0.5, 0.6) is 0 Å². The van der Waals surface area contributed by atoms with Gasteiger partial charge in [-0.15, -0.1) is 0 Å². The smallest absolute Gasteiger partial charge is 0.0215 e. The first kappa shape index (κ1) is 10.6. The van der Waals surface area contributed by atoms with Crippen LogP contribution in [0.4, 0.5) is 0 Å². The van der Waals surface area contributed by atoms with Gasteiger partial charge in [-0.25, -0.2) is 0 Å². The lowest BCUT2D eigenvalue weighted by Crippen LogP contribution is -2.41. The summed E-state index contributed by atoms with van der Waals surface area (Å²) >= 11 is 0. The molecule has 0 radical (unpaired) electrons. The highest BCUT2D eigenvalue weighted by Crippen LogP contribution is 2.20. The fourth-order valence-corrected chi connectivity index (χ4v) is 2.12. The second-order valence-corrected chi connectivity index (χ2v) is 4.03. The third kappa shape index (κ3) is 3.03. The van der Waals surface area contributed by atoms with Crippen LogP contribution in [0.25, 0.3) is 0 Å². The summed E-state index contributed by atoms with van der Waals surface area (Å²) in [6, 6.07) is 0.396. The highest BCUT2D eigenvalue weighted by Gasteiger charge is 2.22. The first-order valence-electron chi connectivity index (χ1n) is 5.40. The topological polar surface area (TPSA) is 29.3 Å². The quantitative estimate of drug-likeness (QED) is 0.720. The minimum atomic E-state index is 0.396. The normalized spacial score (nSPS) is 25.7. The molecule has 2 atom stereocenters. The summed E-state index contributed by atoms with van der Waals surface area (Å²) < 4.78 is 0. The minimum absolute atomic E-state index is 0.396. The molecule has 0 aromatic carbocycles. The van der Waals surface area contributed by atoms with E-state index < -0.39 is 0 Å². The van der Waals surface area contributed by atoms with Crippen LogP contribution >= 0.6 is 0 Å². The summed E-state index contributed by atoms with van der Waals surface area (Å²) in [4.78, 5) is 2.30. The Morgan fingerprint density at radius 3 is 3.08 bits per heavy atom. The van der Waals surface area contributed by atoms with E-state index in [0.29, 0.717) is 12.0 Å². The van der Waals surface area contributed by atoms with Crippen molar-refractivity contribution >= 4 is 0 Å². The van der Waals surface area contributed by atoms with Gasteiger partial charge in [0, 0.05) is 19.1 Å². The maximum Gasteiger partial charge on any atom is 0.0215 e. The molecule has 2 heteroatoms. The molecule has 0 amide bonds. The van der Waals surface area contributed by atoms with Crippen molar-refractivity contribution in [2.24, 2.45) is 11.7 Å². The van der Waals surface area contributed by atoms with Gasteiger partial charge in [-0.05, 0) is 31.4 Å². The van der Waals surface area contributed by atoms with Crippen molar-refractivity contribution in [3.05, 3.63) is 12.8 Å². The van der Waals surface area contributed by atoms with Crippen molar-refractivity contribution in [2.75, 3.05) is 13.1 Å². The molecule has 2 N–H and O–H groups in total. The van der Waals surface area contributed by atoms with E-state index in [2.05, 4.69) is 18.4 Å². The number of hydrogen-bond donors (Lipinski definition) is 1. The lowest BCUT2D eigenvalue weighted by Gasteiger charge is -2.34. The Labute approximate surface area is 81.8 Å². The van der Waals surface area contributed by atoms with E-state index in [4.69, 9.17) is 5.73 Å². The van der Waals surface area contributed by atoms with Crippen LogP contribution in [-0.2, 0) is 0 Å². The predicted molar refractivity (Wildman–Crippen MR) is 57.4 cm³/mol. The second kappa shape index (κ2) is 5.28. The van der Waals surface area contributed by atoms with E-state index in [9.17, 15) is 0 Å². The van der Waals surface area contributed by atoms with Crippen LogP contribution in [0.1, 0.15) is 32.6 Å². The predicted octanol–water partition coefficient (Wildman–Crippen LogP) is 1.97. The molecule has 0 aliphatic carbocycles. The molecule has 1 fully saturated rings. The summed E-state index contributed by atoms with van der Waals surface area (Å²) in [6.07, 6.45) is 6.88. The van der Waals surface area contributed by atoms with Gasteiger partial charge in [0.2, 0.25) is 0 Å². The summed E-state index contributed by atoms with van der Waals surface area (Å²) in [5.41, 5.74) is 6.11. The van der Waals surface area contributed by atoms with Gasteiger partial charge in [-0.1, -0.05) is 19.9 Å². The van der Waals surface area contributed by atoms with Crippen LogP contribution in [0, 0.1) is 5.92 Å². The monoisotopic (exact) mass is 182 g/mol. The molecule has 0 aromatic heterocycles. The number of nitrogens with zero attached hydrogens (tertiary/aromatic N) is 1. The zero-order valence-corrected chi connectivity index (χ0v) is 8.71. The number of likely N-dealkylation sites (tertiary alicyclic amines) is 1. The number of piperidine rings is 1. The van der Waals surface area contributed by atoms with Crippen LogP contribution in [0.3, 0.4) is 0 Å². The fraction of sp³-hybridized carbons (Fsp3) is 0.818. The van der Waals surface area contributed by atoms with E-state index in [-0.39, 0.29) is 0 Å². The summed E-state index contributed by atoms with van der Waals surface area (Å²) in [6.45, 7) is 8.29. The van der Waals surface area contributed by atoms with Crippen LogP contribution < -0.4 is 5.73 Å². The Balaban J connectivity index is 2.36. The highest BCUT2D eigenvalue weighted by atomic mass is 15.1. The largest absolute Gasteiger partial charge is 0.378 e. The molecular formula is C11H22N2. The molecule has 1 heterocycles. The SMILES string of the molecule is C=CN1CCC[C@@H]([C@@H](N)CCC)C1. The lowest BCUT2D eigenvalue weighted by atomic mass is 9.89. The fourth-order valence-electron chi connectivity index (χ4n) is 2.12. The summed E-state index contributed by atoms with van der Waals surface area (Å²) in [5, 5.41) is 0. The van der Waals surface area contributed by atoms with E-state index in [0.717, 1.165) is 13.0 Å². The average molecular weight is 182 g/mol. The third-order valence-electron chi connectivity index (χ3n) is 2.97. The molecule has 2 nitrogen and oxygen atoms in total. The van der Waals surface area contributed by atoms with Gasteiger partial charge in [0.1, 0.15) is 0 Å². The van der Waals surface area contributed by atoms with Crippen molar-refractivity contribution in [1.82, 2.24) is 4.90 Å². The first-order chi connectivity index (χ1) is 6.27. The Bertz CT molecular complexity index is 156. The van der Waals surface area contributed by atoms with Crippen LogP contribution in [-0.4, -0.2) is 24.0 Å². The van der Waals surface area contributed by atoms with Crippen LogP contribution in [0.15, 0.2) is 12.8 Å². The van der Waals surface area contributed by atoms with Gasteiger partial charge in [-0.2, -0.15) is 0 Å². The van der Waals surface area contributed by atoms with Crippen molar-refractivity contribution in [3.63, 3.8) is 0 Å². The van der Waals surface area contributed by atoms with E-state index in [1.807, 2.05) is 6.20 Å². The van der Waals surface area contributed by atoms with Gasteiger partial charge in [0.25, 0.3) is 0 Å². The molecule has 1 aliphatic heterocycles. The third-order valence-corrected chi connectivity index (χ3v) is 2.97. The van der Waals surface area contributed by atoms with Gasteiger partial charge < -0.3 is 10.6 Å². The number of nitrogens with two attached hydrogens (primary N) is 1. The maximum atomic E-state index is 6.11. The van der Waals surface area contributed by atoms with Crippen molar-refractivity contribution in [2.45, 2.75) is 38.6 Å². The maximum absolute atomic E-state index is 6.11. The van der Waals surface area contributed by atoms with Crippen LogP contribution in [0.2, 0.25) is 0 Å². The molecule has 0 bridgehead atoms. The van der Waals surface area contributed by atoms with Crippen molar-refractivity contribution in [1.29, 1.82) is 0 Å². The second-order valence-electron chi connectivity index (χ2n) is 4.03. The molecule has 1 aliphatic rings. The molecule has 13 heavy (non-hydrogen) atoms. The molecule has 0 saturated carbocycles. The molecule has 76 valence electrons. The van der Waals surface area contributed by atoms with Gasteiger partial charge in [0.15, 0.2) is 0 Å². The highest BCUT2D eigenvalue weighted by molar-refractivity contribution is 4.84. The average Bonchev–Trinajstić information content (AvgIpc) is 2.18. The Hall–Kier alpha value is -0.500. The molecule has 0 aromatic rings. The number of rotatable bonds is 4. The van der Waals surface area contributed by atoms with E-state index in [1.165, 1.54) is 25.8 Å². The van der Waals surface area contributed by atoms with E-state index in [1.54, 1.807) is 0 Å². The zero-order chi connectivity index (χ0) is 9.68. The van der Waals surface area contributed by atoms with Gasteiger partial charge >= 0.3 is 0 Å². The Morgan fingerprint density at radius 1 is 1.69 bits per heavy atom. The molecule has 0 spiro atoms. The summed E-state index contributed by atoms with van der Waals surface area (Å²) in [7, 11) is 0. The molecular weight excluding hydrogens is 160 g/mol. The summed E-state index contributed by atoms with van der Waals surface area (Å²) in [5.74, 6) is 0.687. The standard InChI is InChI=1S/C11H22N2/c1-3-6-11(12)10-7-5-8-13(4-2)9-10/h4,10-11H,2-3,5-9,12H2,1H3/t10-,11+/m1/s1. The molecule has 1 saturated heterocycles. The van der Waals surface area contributed by atoms with E-state index >= 15 is 0 Å². The van der Waals surface area contributed by atoms with Crippen molar-refractivity contribution < 1.29 is 0 Å². The van der Waals surface area contributed by atoms with Gasteiger partial charge in [0.05, 0.1) is 0 Å². The Kier molecular flexibility index (Phi) is 4.29. The molecule has 1 rings (SSSR count).